The van der Waals surface area contributed by atoms with E-state index in [1.54, 1.807) is 0 Å². The lowest BCUT2D eigenvalue weighted by Crippen LogP contribution is -2.28. The molecule has 9 fully saturated rings. The molecule has 1 aromatic carbocycles. The van der Waals surface area contributed by atoms with E-state index in [1.165, 1.54) is 103 Å². The van der Waals surface area contributed by atoms with Crippen LogP contribution in [-0.2, 0) is 9.47 Å². The van der Waals surface area contributed by atoms with Gasteiger partial charge in [0.05, 0.1) is 30.0 Å². The predicted molar refractivity (Wildman–Crippen MR) is 399 cm³/mol. The number of nitrogens with zero attached hydrogens (tertiary/aromatic N) is 2. The van der Waals surface area contributed by atoms with Crippen molar-refractivity contribution >= 4 is 11.6 Å². The number of rotatable bonds is 17. The minimum atomic E-state index is -0.750. The monoisotopic (exact) mass is 1280 g/mol. The first-order valence-corrected chi connectivity index (χ1v) is 37.4. The first-order chi connectivity index (χ1) is 40.8. The summed E-state index contributed by atoms with van der Waals surface area (Å²) in [6.45, 7) is 65.3. The molecule has 2 N–H and O–H groups in total. The fourth-order valence-corrected chi connectivity index (χ4v) is 7.65. The van der Waals surface area contributed by atoms with Crippen molar-refractivity contribution < 1.29 is 18.6 Å². The van der Waals surface area contributed by atoms with Gasteiger partial charge in [-0.2, -0.15) is 0 Å². The summed E-state index contributed by atoms with van der Waals surface area (Å²) >= 11 is 5.98. The summed E-state index contributed by atoms with van der Waals surface area (Å²) in [5.41, 5.74) is 1.02. The summed E-state index contributed by atoms with van der Waals surface area (Å²) in [6, 6.07) is 14.4. The molecule has 10 rings (SSSR count). The lowest BCUT2D eigenvalue weighted by atomic mass is 9.95. The lowest BCUT2D eigenvalue weighted by Gasteiger charge is -2.19. The Kier molecular flexibility index (Phi) is 48.7. The van der Waals surface area contributed by atoms with Gasteiger partial charge in [0, 0.05) is 41.1 Å². The molecule has 0 amide bonds. The lowest BCUT2D eigenvalue weighted by molar-refractivity contribution is 0.000858. The molecule has 9 aliphatic carbocycles. The summed E-state index contributed by atoms with van der Waals surface area (Å²) in [5.74, 6) is 6.58. The molecule has 0 unspecified atom stereocenters. The van der Waals surface area contributed by atoms with Crippen molar-refractivity contribution in [3.63, 3.8) is 0 Å². The van der Waals surface area contributed by atoms with Crippen molar-refractivity contribution in [1.29, 1.82) is 0 Å². The number of halogens is 2. The van der Waals surface area contributed by atoms with Gasteiger partial charge in [-0.05, 0) is 284 Å². The van der Waals surface area contributed by atoms with Crippen LogP contribution in [0.2, 0.25) is 0 Å². The van der Waals surface area contributed by atoms with Crippen LogP contribution >= 0.6 is 11.6 Å². The minimum absolute atomic E-state index is 0.222. The number of ether oxygens (including phenoxy) is 3. The number of para-hydroxylation sites is 1. The number of hydrogen-bond acceptors (Lipinski definition) is 7. The maximum absolute atomic E-state index is 12.6. The Bertz CT molecular complexity index is 1630. The van der Waals surface area contributed by atoms with E-state index < -0.39 is 5.67 Å². The summed E-state index contributed by atoms with van der Waals surface area (Å²) in [4.78, 5) is 4.83. The second kappa shape index (κ2) is 47.0. The molecule has 0 heterocycles. The first kappa shape index (κ1) is 92.2. The maximum Gasteiger partial charge on any atom is 0.119 e. The smallest absolute Gasteiger partial charge is 0.119 e. The van der Waals surface area contributed by atoms with E-state index in [-0.39, 0.29) is 22.5 Å². The summed E-state index contributed by atoms with van der Waals surface area (Å²) in [5, 5.41) is 6.44. The SMILES string of the molecule is CC(C)C.CC(C)C1(C)CC1.CC(C)C1(C)CC1.CC(C)C1(Cl)CC1.CC(C)C1(F)CC1.CC(C)C1CC1.CC(C)N(C)C.CC(C)N(C)C1CC1.CC(C)NC1CC1.CC(C)OC1(C)CC1.CC(C)OC1CC1.CC(C)Oc1ccccc1.CNC(C)C. The van der Waals surface area contributed by atoms with Crippen LogP contribution in [0, 0.1) is 52.3 Å². The molecule has 1 aromatic rings. The van der Waals surface area contributed by atoms with Crippen LogP contribution in [0.4, 0.5) is 4.39 Å². The van der Waals surface area contributed by atoms with Crippen LogP contribution in [-0.4, -0.2) is 115 Å². The number of hydrogen-bond donors (Lipinski definition) is 2. The summed E-state index contributed by atoms with van der Waals surface area (Å²) in [6.07, 6.45) is 25.4. The van der Waals surface area contributed by atoms with Gasteiger partial charge in [-0.1, -0.05) is 150 Å². The van der Waals surface area contributed by atoms with Crippen molar-refractivity contribution in [2.24, 2.45) is 52.3 Å². The van der Waals surface area contributed by atoms with Crippen molar-refractivity contribution in [2.45, 2.75) is 400 Å². The Morgan fingerprint density at radius 1 is 0.494 bits per heavy atom. The Labute approximate surface area is 564 Å². The standard InChI is InChI=1S/C9H12O.C7H15N.C7H14O.2C7H14.C6H11Cl.C6H11F.C6H13N.C6H12O.C6H12.C5H13N.C4H11N.C4H10/c1-8(2)10-9-6-4-3-5-7-9;1-6(2)8(3)7-4-5-7;1-6(2)8-7(3)4-5-7;2*1-6(2)7(3)4-5-7;2*1-5(2)6(7)3-4-6;2*1-5(2)7-6-3-4-6;1-5(2)6-3-4-6;1-5(2)6(3)4;1-4(2)5-3;1-4(2)3/h3-8H,1-2H3;6-7H,4-5H2,1-3H3;6H,4-5H2,1-3H3;2*6H,4-5H2,1-3H3;2*5H,3-4H2,1-2H3;5-7H,3-4H2,1-2H3;5-6H,3-4H2,1-2H3;5-6H,3-4H2,1-2H3;5H,1-4H3;4-5H,1-3H3;4H,1-3H3. The molecule has 0 aliphatic heterocycles. The Balaban J connectivity index is -0.000000905. The van der Waals surface area contributed by atoms with E-state index in [0.29, 0.717) is 42.4 Å². The maximum atomic E-state index is 12.6. The van der Waals surface area contributed by atoms with E-state index in [1.807, 2.05) is 65.1 Å². The third-order valence-corrected chi connectivity index (χ3v) is 19.0. The van der Waals surface area contributed by atoms with E-state index in [2.05, 4.69) is 222 Å². The molecule has 534 valence electrons. The fraction of sp³-hybridized carbons (Fsp3) is 0.925. The third-order valence-electron chi connectivity index (χ3n) is 18.2. The normalized spacial score (nSPS) is 19.7. The highest BCUT2D eigenvalue weighted by Gasteiger charge is 2.46. The fourth-order valence-electron chi connectivity index (χ4n) is 7.55. The highest BCUT2D eigenvalue weighted by atomic mass is 35.5. The third kappa shape index (κ3) is 59.2. The van der Waals surface area contributed by atoms with Crippen molar-refractivity contribution in [3.05, 3.63) is 30.3 Å². The Morgan fingerprint density at radius 2 is 0.899 bits per heavy atom. The van der Waals surface area contributed by atoms with Crippen molar-refractivity contribution in [2.75, 3.05) is 28.2 Å². The molecule has 0 spiro atoms. The van der Waals surface area contributed by atoms with Crippen LogP contribution < -0.4 is 15.4 Å². The highest BCUT2D eigenvalue weighted by Crippen LogP contribution is 2.52. The van der Waals surface area contributed by atoms with Crippen molar-refractivity contribution in [1.82, 2.24) is 20.4 Å². The van der Waals surface area contributed by atoms with Gasteiger partial charge in [0.2, 0.25) is 0 Å². The molecule has 0 aromatic heterocycles. The second-order valence-corrected chi connectivity index (χ2v) is 34.1. The molecule has 7 nitrogen and oxygen atoms in total. The summed E-state index contributed by atoms with van der Waals surface area (Å²) < 4.78 is 28.9. The van der Waals surface area contributed by atoms with Crippen molar-refractivity contribution in [3.8, 4) is 5.75 Å². The second-order valence-electron chi connectivity index (χ2n) is 33.4. The average molecular weight is 1280 g/mol. The van der Waals surface area contributed by atoms with Crippen LogP contribution in [0.1, 0.15) is 323 Å². The quantitative estimate of drug-likeness (QED) is 0.151. The molecular weight excluding hydrogens is 1120 g/mol. The largest absolute Gasteiger partial charge is 0.491 e. The van der Waals surface area contributed by atoms with Gasteiger partial charge in [0.1, 0.15) is 11.4 Å². The average Bonchev–Trinajstić information content (AvgIpc) is 2.09. The first-order valence-electron chi connectivity index (χ1n) is 37.0. The van der Waals surface area contributed by atoms with Gasteiger partial charge in [0.15, 0.2) is 0 Å². The van der Waals surface area contributed by atoms with E-state index in [9.17, 15) is 4.39 Å². The number of alkyl halides is 2. The highest BCUT2D eigenvalue weighted by molar-refractivity contribution is 6.26. The molecule has 9 aliphatic rings. The molecular formula is C80H162ClFN4O3. The molecule has 89 heavy (non-hydrogen) atoms. The van der Waals surface area contributed by atoms with Gasteiger partial charge in [-0.15, -0.1) is 11.6 Å². The number of nitrogens with one attached hydrogen (secondary N) is 2. The van der Waals surface area contributed by atoms with E-state index in [4.69, 9.17) is 25.8 Å². The topological polar surface area (TPSA) is 58.2 Å². The van der Waals surface area contributed by atoms with Gasteiger partial charge in [-0.25, -0.2) is 4.39 Å². The van der Waals surface area contributed by atoms with Gasteiger partial charge in [-0.3, -0.25) is 0 Å². The van der Waals surface area contributed by atoms with E-state index in [0.717, 1.165) is 77.1 Å². The molecule has 0 radical (unpaired) electrons. The number of benzene rings is 1. The van der Waals surface area contributed by atoms with Gasteiger partial charge in [0.25, 0.3) is 0 Å². The molecule has 0 atom stereocenters. The Morgan fingerprint density at radius 3 is 1.00 bits per heavy atom. The molecule has 9 heteroatoms. The Hall–Kier alpha value is -1.00. The van der Waals surface area contributed by atoms with Crippen LogP contribution in [0.5, 0.6) is 5.75 Å². The zero-order chi connectivity index (χ0) is 69.8. The van der Waals surface area contributed by atoms with E-state index >= 15 is 0 Å². The molecule has 0 bridgehead atoms. The van der Waals surface area contributed by atoms with Crippen LogP contribution in [0.3, 0.4) is 0 Å². The molecule has 9 saturated carbocycles. The van der Waals surface area contributed by atoms with Gasteiger partial charge >= 0.3 is 0 Å². The van der Waals surface area contributed by atoms with Crippen LogP contribution in [0.15, 0.2) is 30.3 Å². The predicted octanol–water partition coefficient (Wildman–Crippen LogP) is 23.4. The zero-order valence-electron chi connectivity index (χ0n) is 66.3. The van der Waals surface area contributed by atoms with Gasteiger partial charge < -0.3 is 34.6 Å². The summed E-state index contributed by atoms with van der Waals surface area (Å²) in [7, 11) is 8.31. The van der Waals surface area contributed by atoms with Crippen LogP contribution in [0.25, 0.3) is 0 Å². The minimum Gasteiger partial charge on any atom is -0.491 e. The zero-order valence-corrected chi connectivity index (χ0v) is 67.1. The molecule has 0 saturated heterocycles.